The van der Waals surface area contributed by atoms with Gasteiger partial charge in [-0.15, -0.1) is 10.2 Å². The zero-order valence-corrected chi connectivity index (χ0v) is 16.3. The van der Waals surface area contributed by atoms with Crippen molar-refractivity contribution in [2.45, 2.75) is 13.1 Å². The number of anilines is 1. The molecule has 2 heterocycles. The van der Waals surface area contributed by atoms with E-state index in [9.17, 15) is 4.79 Å². The highest BCUT2D eigenvalue weighted by Gasteiger charge is 2.15. The Balaban J connectivity index is 1.39. The van der Waals surface area contributed by atoms with E-state index in [2.05, 4.69) is 31.7 Å². The van der Waals surface area contributed by atoms with Gasteiger partial charge in [-0.1, -0.05) is 48.5 Å². The molecule has 0 unspecified atom stereocenters. The minimum Gasteiger partial charge on any atom is -0.324 e. The van der Waals surface area contributed by atoms with Crippen molar-refractivity contribution < 1.29 is 4.79 Å². The molecular weight excluding hydrogens is 372 g/mol. The van der Waals surface area contributed by atoms with Gasteiger partial charge in [0.05, 0.1) is 0 Å². The molecule has 0 radical (unpaired) electrons. The summed E-state index contributed by atoms with van der Waals surface area (Å²) in [5.41, 5.74) is 2.84. The molecule has 144 valence electrons. The average Bonchev–Trinajstić information content (AvgIpc) is 3.19. The highest BCUT2D eigenvalue weighted by Crippen LogP contribution is 2.20. The summed E-state index contributed by atoms with van der Waals surface area (Å²) >= 11 is 1.99. The quantitative estimate of drug-likeness (QED) is 0.692. The monoisotopic (exact) mass is 394 g/mol. The minimum absolute atomic E-state index is 0.0223. The topological polar surface area (TPSA) is 75.9 Å². The van der Waals surface area contributed by atoms with Gasteiger partial charge in [0, 0.05) is 42.4 Å². The van der Waals surface area contributed by atoms with Crippen molar-refractivity contribution in [1.82, 2.24) is 25.1 Å². The molecule has 28 heavy (non-hydrogen) atoms. The van der Waals surface area contributed by atoms with Crippen LogP contribution in [-0.4, -0.2) is 55.6 Å². The maximum Gasteiger partial charge on any atom is 0.248 e. The number of amides is 1. The lowest BCUT2D eigenvalue weighted by Gasteiger charge is -2.27. The van der Waals surface area contributed by atoms with Crippen molar-refractivity contribution in [3.8, 4) is 11.4 Å². The van der Waals surface area contributed by atoms with Crippen molar-refractivity contribution in [2.75, 3.05) is 29.9 Å². The molecule has 0 aliphatic carbocycles. The number of benzene rings is 2. The Kier molecular flexibility index (Phi) is 5.98. The van der Waals surface area contributed by atoms with Crippen LogP contribution >= 0.6 is 11.8 Å². The molecule has 0 saturated carbocycles. The zero-order valence-electron chi connectivity index (χ0n) is 15.5. The Morgan fingerprint density at radius 1 is 1.04 bits per heavy atom. The number of nitrogens with one attached hydrogen (secondary N) is 1. The Morgan fingerprint density at radius 3 is 2.61 bits per heavy atom. The van der Waals surface area contributed by atoms with Gasteiger partial charge in [0.1, 0.15) is 6.54 Å². The first-order valence-corrected chi connectivity index (χ1v) is 10.4. The molecule has 1 aliphatic rings. The van der Waals surface area contributed by atoms with Gasteiger partial charge in [0.15, 0.2) is 0 Å². The summed E-state index contributed by atoms with van der Waals surface area (Å²) < 4.78 is 0. The molecule has 1 aromatic heterocycles. The van der Waals surface area contributed by atoms with Crippen LogP contribution in [0.5, 0.6) is 0 Å². The van der Waals surface area contributed by atoms with Crippen LogP contribution in [0.15, 0.2) is 54.6 Å². The number of hydrogen-bond acceptors (Lipinski definition) is 6. The van der Waals surface area contributed by atoms with Crippen LogP contribution in [0.3, 0.4) is 0 Å². The van der Waals surface area contributed by atoms with E-state index in [1.54, 1.807) is 0 Å². The maximum absolute atomic E-state index is 12.5. The third kappa shape index (κ3) is 4.76. The minimum atomic E-state index is -0.168. The number of rotatable bonds is 6. The summed E-state index contributed by atoms with van der Waals surface area (Å²) in [5.74, 6) is 2.67. The molecule has 0 bridgehead atoms. The van der Waals surface area contributed by atoms with Gasteiger partial charge in [0.25, 0.3) is 0 Å². The molecule has 1 saturated heterocycles. The normalized spacial score (nSPS) is 14.7. The highest BCUT2D eigenvalue weighted by atomic mass is 32.2. The molecule has 1 amide bonds. The van der Waals surface area contributed by atoms with E-state index in [-0.39, 0.29) is 12.5 Å². The number of aromatic nitrogens is 4. The van der Waals surface area contributed by atoms with Gasteiger partial charge in [0.2, 0.25) is 11.7 Å². The first-order valence-electron chi connectivity index (χ1n) is 9.29. The van der Waals surface area contributed by atoms with Crippen LogP contribution in [-0.2, 0) is 17.9 Å². The van der Waals surface area contributed by atoms with Gasteiger partial charge in [-0.25, -0.2) is 0 Å². The average molecular weight is 395 g/mol. The summed E-state index contributed by atoms with van der Waals surface area (Å²) in [7, 11) is 0. The first kappa shape index (κ1) is 18.6. The standard InChI is InChI=1S/C20H22N6OS/c27-19(15-26-23-20(22-24-26)16-6-2-1-3-7-16)21-18-9-5-4-8-17(18)14-25-10-12-28-13-11-25/h1-9H,10-15H2,(H,21,27). The van der Waals surface area contributed by atoms with Gasteiger partial charge in [-0.2, -0.15) is 16.6 Å². The fourth-order valence-corrected chi connectivity index (χ4v) is 4.09. The lowest BCUT2D eigenvalue weighted by molar-refractivity contribution is -0.117. The molecule has 1 aliphatic heterocycles. The molecule has 7 nitrogen and oxygen atoms in total. The summed E-state index contributed by atoms with van der Waals surface area (Å²) in [6, 6.07) is 17.5. The van der Waals surface area contributed by atoms with E-state index in [0.29, 0.717) is 5.82 Å². The number of carbonyl (C=O) groups is 1. The van der Waals surface area contributed by atoms with Gasteiger partial charge >= 0.3 is 0 Å². The summed E-state index contributed by atoms with van der Waals surface area (Å²) in [5, 5.41) is 15.3. The van der Waals surface area contributed by atoms with Crippen LogP contribution < -0.4 is 5.32 Å². The number of tetrazole rings is 1. The fourth-order valence-electron chi connectivity index (χ4n) is 3.11. The van der Waals surface area contributed by atoms with E-state index >= 15 is 0 Å². The second kappa shape index (κ2) is 8.99. The van der Waals surface area contributed by atoms with Crippen LogP contribution in [0.4, 0.5) is 5.69 Å². The van der Waals surface area contributed by atoms with Gasteiger partial charge in [-0.05, 0) is 16.8 Å². The molecular formula is C20H22N6OS. The SMILES string of the molecule is O=C(Cn1nnc(-c2ccccc2)n1)Nc1ccccc1CN1CCSCC1. The van der Waals surface area contributed by atoms with Gasteiger partial charge in [-0.3, -0.25) is 9.69 Å². The third-order valence-corrected chi connectivity index (χ3v) is 5.50. The third-order valence-electron chi connectivity index (χ3n) is 4.56. The van der Waals surface area contributed by atoms with E-state index in [1.807, 2.05) is 60.3 Å². The van der Waals surface area contributed by atoms with Crippen LogP contribution in [0.2, 0.25) is 0 Å². The van der Waals surface area contributed by atoms with Gasteiger partial charge < -0.3 is 5.32 Å². The van der Waals surface area contributed by atoms with Crippen LogP contribution in [0.25, 0.3) is 11.4 Å². The molecule has 0 spiro atoms. The molecule has 8 heteroatoms. The second-order valence-electron chi connectivity index (χ2n) is 6.60. The van der Waals surface area contributed by atoms with Crippen molar-refractivity contribution in [2.24, 2.45) is 0 Å². The van der Waals surface area contributed by atoms with Crippen LogP contribution in [0.1, 0.15) is 5.56 Å². The first-order chi connectivity index (χ1) is 13.8. The lowest BCUT2D eigenvalue weighted by Crippen LogP contribution is -2.32. The van der Waals surface area contributed by atoms with E-state index in [4.69, 9.17) is 0 Å². The number of hydrogen-bond donors (Lipinski definition) is 1. The van der Waals surface area contributed by atoms with Crippen LogP contribution in [0, 0.1) is 0 Å². The number of thioether (sulfide) groups is 1. The molecule has 0 atom stereocenters. The zero-order chi connectivity index (χ0) is 19.2. The van der Waals surface area contributed by atoms with Crippen molar-refractivity contribution in [3.63, 3.8) is 0 Å². The summed E-state index contributed by atoms with van der Waals surface area (Å²) in [4.78, 5) is 16.3. The van der Waals surface area contributed by atoms with Crippen molar-refractivity contribution in [1.29, 1.82) is 0 Å². The summed E-state index contributed by atoms with van der Waals surface area (Å²) in [6.07, 6.45) is 0. The van der Waals surface area contributed by atoms with E-state index in [1.165, 1.54) is 4.80 Å². The number of carbonyl (C=O) groups excluding carboxylic acids is 1. The molecule has 2 aromatic carbocycles. The van der Waals surface area contributed by atoms with E-state index in [0.717, 1.165) is 48.0 Å². The lowest BCUT2D eigenvalue weighted by atomic mass is 10.1. The highest BCUT2D eigenvalue weighted by molar-refractivity contribution is 7.99. The summed E-state index contributed by atoms with van der Waals surface area (Å²) in [6.45, 7) is 3.03. The van der Waals surface area contributed by atoms with E-state index < -0.39 is 0 Å². The second-order valence-corrected chi connectivity index (χ2v) is 7.83. The molecule has 4 rings (SSSR count). The Morgan fingerprint density at radius 2 is 1.79 bits per heavy atom. The smallest absolute Gasteiger partial charge is 0.248 e. The Hall–Kier alpha value is -2.71. The Labute approximate surface area is 168 Å². The predicted octanol–water partition coefficient (Wildman–Crippen LogP) is 2.53. The maximum atomic E-state index is 12.5. The molecule has 3 aromatic rings. The van der Waals surface area contributed by atoms with Crippen molar-refractivity contribution >= 4 is 23.4 Å². The number of para-hydroxylation sites is 1. The molecule has 1 N–H and O–H groups in total. The van der Waals surface area contributed by atoms with Crippen molar-refractivity contribution in [3.05, 3.63) is 60.2 Å². The number of nitrogens with zero attached hydrogens (tertiary/aromatic N) is 5. The predicted molar refractivity (Wildman–Crippen MR) is 111 cm³/mol. The fraction of sp³-hybridized carbons (Fsp3) is 0.300. The Bertz CT molecular complexity index is 923. The molecule has 1 fully saturated rings. The largest absolute Gasteiger partial charge is 0.324 e.